The first-order valence-electron chi connectivity index (χ1n) is 6.09. The molecule has 2 fully saturated rings. The van der Waals surface area contributed by atoms with Crippen molar-refractivity contribution in [3.05, 3.63) is 0 Å². The zero-order valence-corrected chi connectivity index (χ0v) is 9.74. The van der Waals surface area contributed by atoms with Gasteiger partial charge in [0, 0.05) is 0 Å². The fraction of sp³-hybridized carbons (Fsp3) is 1.00. The van der Waals surface area contributed by atoms with Crippen molar-refractivity contribution in [2.45, 2.75) is 63.9 Å². The number of aliphatic hydroxyl groups is 1. The Morgan fingerprint density at radius 1 is 1.13 bits per heavy atom. The van der Waals surface area contributed by atoms with E-state index in [1.54, 1.807) is 0 Å². The first-order valence-corrected chi connectivity index (χ1v) is 6.09. The van der Waals surface area contributed by atoms with Crippen LogP contribution >= 0.6 is 0 Å². The fourth-order valence-corrected chi connectivity index (χ4v) is 2.87. The molecule has 2 rings (SSSR count). The van der Waals surface area contributed by atoms with Gasteiger partial charge >= 0.3 is 0 Å². The van der Waals surface area contributed by atoms with Crippen LogP contribution in [0.1, 0.15) is 46.0 Å². The molecule has 2 aliphatic rings. The van der Waals surface area contributed by atoms with Gasteiger partial charge in [-0.25, -0.2) is 0 Å². The van der Waals surface area contributed by atoms with E-state index < -0.39 is 5.79 Å². The van der Waals surface area contributed by atoms with E-state index >= 15 is 0 Å². The molecule has 0 aromatic carbocycles. The second kappa shape index (κ2) is 4.40. The van der Waals surface area contributed by atoms with Gasteiger partial charge in [0.25, 0.3) is 0 Å². The molecule has 0 radical (unpaired) electrons. The minimum Gasteiger partial charge on any atom is -0.394 e. The van der Waals surface area contributed by atoms with Gasteiger partial charge in [-0.15, -0.1) is 0 Å². The summed E-state index contributed by atoms with van der Waals surface area (Å²) in [5, 5.41) is 9.29. The average Bonchev–Trinajstić information content (AvgIpc) is 2.55. The summed E-state index contributed by atoms with van der Waals surface area (Å²) in [5.74, 6) is 0.0628. The third-order valence-electron chi connectivity index (χ3n) is 3.52. The van der Waals surface area contributed by atoms with Crippen molar-refractivity contribution >= 4 is 0 Å². The van der Waals surface area contributed by atoms with E-state index in [1.807, 2.05) is 13.8 Å². The highest BCUT2D eigenvalue weighted by atomic mass is 16.8. The van der Waals surface area contributed by atoms with E-state index in [0.29, 0.717) is 5.92 Å². The highest BCUT2D eigenvalue weighted by molar-refractivity contribution is 4.87. The average molecular weight is 214 g/mol. The molecule has 15 heavy (non-hydrogen) atoms. The van der Waals surface area contributed by atoms with Crippen LogP contribution in [0.2, 0.25) is 0 Å². The summed E-state index contributed by atoms with van der Waals surface area (Å²) in [4.78, 5) is 0. The Morgan fingerprint density at radius 3 is 2.40 bits per heavy atom. The number of hydrogen-bond donors (Lipinski definition) is 1. The van der Waals surface area contributed by atoms with Crippen LogP contribution in [0.15, 0.2) is 0 Å². The molecule has 0 unspecified atom stereocenters. The molecule has 0 amide bonds. The van der Waals surface area contributed by atoms with Gasteiger partial charge in [0.15, 0.2) is 5.79 Å². The van der Waals surface area contributed by atoms with E-state index in [1.165, 1.54) is 32.1 Å². The Bertz CT molecular complexity index is 209. The lowest BCUT2D eigenvalue weighted by atomic mass is 9.83. The van der Waals surface area contributed by atoms with Gasteiger partial charge in [-0.2, -0.15) is 0 Å². The SMILES string of the molecule is CC1(C)O[C@@H](CO)[C@H](C2CCCCC2)O1. The molecule has 3 heteroatoms. The Balaban J connectivity index is 2.00. The second-order valence-corrected chi connectivity index (χ2v) is 5.22. The number of hydrogen-bond acceptors (Lipinski definition) is 3. The van der Waals surface area contributed by atoms with Gasteiger partial charge in [-0.3, -0.25) is 0 Å². The molecule has 1 aliphatic carbocycles. The summed E-state index contributed by atoms with van der Waals surface area (Å²) in [6, 6.07) is 0. The molecule has 3 nitrogen and oxygen atoms in total. The highest BCUT2D eigenvalue weighted by Gasteiger charge is 2.44. The third-order valence-corrected chi connectivity index (χ3v) is 3.52. The maximum Gasteiger partial charge on any atom is 0.163 e. The minimum atomic E-state index is -0.518. The fourth-order valence-electron chi connectivity index (χ4n) is 2.87. The van der Waals surface area contributed by atoms with Gasteiger partial charge in [0.05, 0.1) is 12.7 Å². The lowest BCUT2D eigenvalue weighted by molar-refractivity contribution is -0.153. The van der Waals surface area contributed by atoms with E-state index in [2.05, 4.69) is 0 Å². The zero-order valence-electron chi connectivity index (χ0n) is 9.74. The zero-order chi connectivity index (χ0) is 10.9. The highest BCUT2D eigenvalue weighted by Crippen LogP contribution is 2.37. The molecule has 0 aromatic heterocycles. The van der Waals surface area contributed by atoms with Crippen LogP contribution in [0.25, 0.3) is 0 Å². The number of rotatable bonds is 2. The van der Waals surface area contributed by atoms with Crippen molar-refractivity contribution < 1.29 is 14.6 Å². The van der Waals surface area contributed by atoms with Crippen molar-refractivity contribution in [2.75, 3.05) is 6.61 Å². The molecule has 1 aliphatic heterocycles. The lowest BCUT2D eigenvalue weighted by Crippen LogP contribution is -2.34. The summed E-state index contributed by atoms with van der Waals surface area (Å²) in [6.07, 6.45) is 6.36. The van der Waals surface area contributed by atoms with Gasteiger partial charge in [-0.1, -0.05) is 19.3 Å². The Kier molecular flexibility index (Phi) is 3.33. The number of aliphatic hydroxyl groups excluding tert-OH is 1. The summed E-state index contributed by atoms with van der Waals surface area (Å²) >= 11 is 0. The Morgan fingerprint density at radius 2 is 1.80 bits per heavy atom. The maximum atomic E-state index is 9.29. The predicted molar refractivity (Wildman–Crippen MR) is 57.5 cm³/mol. The van der Waals surface area contributed by atoms with Crippen LogP contribution in [-0.4, -0.2) is 29.7 Å². The van der Waals surface area contributed by atoms with Crippen molar-refractivity contribution in [1.82, 2.24) is 0 Å². The smallest absolute Gasteiger partial charge is 0.163 e. The van der Waals surface area contributed by atoms with Crippen LogP contribution < -0.4 is 0 Å². The van der Waals surface area contributed by atoms with E-state index in [9.17, 15) is 5.11 Å². The molecule has 1 saturated carbocycles. The van der Waals surface area contributed by atoms with E-state index in [-0.39, 0.29) is 18.8 Å². The monoisotopic (exact) mass is 214 g/mol. The van der Waals surface area contributed by atoms with Gasteiger partial charge in [-0.05, 0) is 32.6 Å². The van der Waals surface area contributed by atoms with Gasteiger partial charge in [0.1, 0.15) is 6.10 Å². The molecule has 88 valence electrons. The van der Waals surface area contributed by atoms with E-state index in [4.69, 9.17) is 9.47 Å². The van der Waals surface area contributed by atoms with Crippen LogP contribution in [0.4, 0.5) is 0 Å². The van der Waals surface area contributed by atoms with Crippen molar-refractivity contribution in [3.63, 3.8) is 0 Å². The van der Waals surface area contributed by atoms with Crippen molar-refractivity contribution in [2.24, 2.45) is 5.92 Å². The molecule has 2 atom stereocenters. The molecule has 0 aromatic rings. The predicted octanol–water partition coefficient (Wildman–Crippen LogP) is 2.08. The lowest BCUT2D eigenvalue weighted by Gasteiger charge is -2.29. The first kappa shape index (κ1) is 11.4. The molecule has 1 N–H and O–H groups in total. The quantitative estimate of drug-likeness (QED) is 0.765. The first-order chi connectivity index (χ1) is 7.12. The molecule has 0 spiro atoms. The molecule has 1 heterocycles. The topological polar surface area (TPSA) is 38.7 Å². The van der Waals surface area contributed by atoms with Crippen molar-refractivity contribution in [3.8, 4) is 0 Å². The maximum absolute atomic E-state index is 9.29. The molecular weight excluding hydrogens is 192 g/mol. The van der Waals surface area contributed by atoms with Crippen LogP contribution in [0, 0.1) is 5.92 Å². The van der Waals surface area contributed by atoms with Crippen molar-refractivity contribution in [1.29, 1.82) is 0 Å². The van der Waals surface area contributed by atoms with Gasteiger partial charge in [0.2, 0.25) is 0 Å². The standard InChI is InChI=1S/C12H22O3/c1-12(2)14-10(8-13)11(15-12)9-6-4-3-5-7-9/h9-11,13H,3-8H2,1-2H3/t10-,11-/m0/s1. The van der Waals surface area contributed by atoms with E-state index in [0.717, 1.165) is 0 Å². The van der Waals surface area contributed by atoms with Crippen LogP contribution in [-0.2, 0) is 9.47 Å². The second-order valence-electron chi connectivity index (χ2n) is 5.22. The minimum absolute atomic E-state index is 0.0740. The summed E-state index contributed by atoms with van der Waals surface area (Å²) < 4.78 is 11.6. The largest absolute Gasteiger partial charge is 0.394 e. The molecule has 1 saturated heterocycles. The summed E-state index contributed by atoms with van der Waals surface area (Å²) in [6.45, 7) is 3.93. The molecular formula is C12H22O3. The number of ether oxygens (including phenoxy) is 2. The summed E-state index contributed by atoms with van der Waals surface area (Å²) in [5.41, 5.74) is 0. The normalized spacial score (nSPS) is 37.0. The Labute approximate surface area is 91.8 Å². The van der Waals surface area contributed by atoms with Gasteiger partial charge < -0.3 is 14.6 Å². The third kappa shape index (κ3) is 2.52. The molecule has 0 bridgehead atoms. The van der Waals surface area contributed by atoms with Crippen LogP contribution in [0.3, 0.4) is 0 Å². The Hall–Kier alpha value is -0.120. The summed E-state index contributed by atoms with van der Waals surface area (Å²) in [7, 11) is 0. The van der Waals surface area contributed by atoms with Crippen LogP contribution in [0.5, 0.6) is 0 Å².